The molecule has 0 spiro atoms. The predicted octanol–water partition coefficient (Wildman–Crippen LogP) is 2.60. The molecule has 2 saturated carbocycles. The molecular weight excluding hydrogens is 188 g/mol. The molecule has 0 amide bonds. The van der Waals surface area contributed by atoms with Gasteiger partial charge in [0.05, 0.1) is 6.10 Å². The van der Waals surface area contributed by atoms with E-state index in [1.807, 2.05) is 0 Å². The third-order valence-electron chi connectivity index (χ3n) is 5.34. The van der Waals surface area contributed by atoms with Gasteiger partial charge in [-0.3, -0.25) is 0 Å². The molecule has 88 valence electrons. The SMILES string of the molecule is CC1(C)C2CCC1(C)C(OCCCO)C2. The van der Waals surface area contributed by atoms with Crippen LogP contribution in [0.5, 0.6) is 0 Å². The molecule has 0 aromatic rings. The van der Waals surface area contributed by atoms with Crippen LogP contribution in [0.25, 0.3) is 0 Å². The van der Waals surface area contributed by atoms with Crippen molar-refractivity contribution in [3.8, 4) is 0 Å². The highest BCUT2D eigenvalue weighted by molar-refractivity contribution is 5.11. The monoisotopic (exact) mass is 212 g/mol. The average molecular weight is 212 g/mol. The fourth-order valence-corrected chi connectivity index (χ4v) is 3.67. The predicted molar refractivity (Wildman–Crippen MR) is 60.7 cm³/mol. The van der Waals surface area contributed by atoms with Gasteiger partial charge in [-0.25, -0.2) is 0 Å². The molecule has 2 bridgehead atoms. The van der Waals surface area contributed by atoms with Crippen LogP contribution in [0.1, 0.15) is 46.5 Å². The zero-order chi connectivity index (χ0) is 11.1. The standard InChI is InChI=1S/C13H24O2/c1-12(2)10-5-6-13(12,3)11(9-10)15-8-4-7-14/h10-11,14H,4-9H2,1-3H3. The molecule has 3 unspecified atom stereocenters. The molecule has 0 aliphatic heterocycles. The van der Waals surface area contributed by atoms with Gasteiger partial charge < -0.3 is 9.84 Å². The quantitative estimate of drug-likeness (QED) is 0.726. The van der Waals surface area contributed by atoms with E-state index in [2.05, 4.69) is 20.8 Å². The minimum Gasteiger partial charge on any atom is -0.396 e. The Hall–Kier alpha value is -0.0800. The Kier molecular flexibility index (Phi) is 2.85. The fraction of sp³-hybridized carbons (Fsp3) is 1.00. The smallest absolute Gasteiger partial charge is 0.0636 e. The van der Waals surface area contributed by atoms with Crippen molar-refractivity contribution in [3.63, 3.8) is 0 Å². The summed E-state index contributed by atoms with van der Waals surface area (Å²) in [6.45, 7) is 8.17. The molecule has 15 heavy (non-hydrogen) atoms. The molecule has 2 aliphatic carbocycles. The van der Waals surface area contributed by atoms with Gasteiger partial charge in [0.25, 0.3) is 0 Å². The van der Waals surface area contributed by atoms with E-state index in [-0.39, 0.29) is 6.61 Å². The van der Waals surface area contributed by atoms with E-state index < -0.39 is 0 Å². The Labute approximate surface area is 93.0 Å². The van der Waals surface area contributed by atoms with Crippen LogP contribution in [0, 0.1) is 16.7 Å². The normalized spacial score (nSPS) is 42.4. The fourth-order valence-electron chi connectivity index (χ4n) is 3.67. The lowest BCUT2D eigenvalue weighted by Gasteiger charge is -2.38. The van der Waals surface area contributed by atoms with Crippen molar-refractivity contribution >= 4 is 0 Å². The maximum atomic E-state index is 8.76. The van der Waals surface area contributed by atoms with Crippen molar-refractivity contribution in [3.05, 3.63) is 0 Å². The summed E-state index contributed by atoms with van der Waals surface area (Å²) in [5.74, 6) is 0.849. The summed E-state index contributed by atoms with van der Waals surface area (Å²) in [4.78, 5) is 0. The van der Waals surface area contributed by atoms with Crippen LogP contribution in [-0.4, -0.2) is 24.4 Å². The van der Waals surface area contributed by atoms with Crippen LogP contribution in [0.4, 0.5) is 0 Å². The molecule has 1 N–H and O–H groups in total. The second-order valence-electron chi connectivity index (χ2n) is 6.05. The van der Waals surface area contributed by atoms with E-state index in [1.165, 1.54) is 19.3 Å². The number of rotatable bonds is 4. The zero-order valence-corrected chi connectivity index (χ0v) is 10.3. The second-order valence-corrected chi connectivity index (χ2v) is 6.05. The molecule has 2 rings (SSSR count). The Bertz CT molecular complexity index is 237. The highest BCUT2D eigenvalue weighted by Crippen LogP contribution is 2.66. The first-order valence-electron chi connectivity index (χ1n) is 6.25. The zero-order valence-electron chi connectivity index (χ0n) is 10.3. The molecule has 0 aromatic heterocycles. The number of hydrogen-bond donors (Lipinski definition) is 1. The summed E-state index contributed by atoms with van der Waals surface area (Å²) < 4.78 is 5.96. The van der Waals surface area contributed by atoms with Crippen molar-refractivity contribution in [1.82, 2.24) is 0 Å². The van der Waals surface area contributed by atoms with Crippen molar-refractivity contribution in [1.29, 1.82) is 0 Å². The van der Waals surface area contributed by atoms with Crippen LogP contribution < -0.4 is 0 Å². The Morgan fingerprint density at radius 1 is 1.33 bits per heavy atom. The van der Waals surface area contributed by atoms with Gasteiger partial charge in [0.1, 0.15) is 0 Å². The Morgan fingerprint density at radius 3 is 2.53 bits per heavy atom. The summed E-state index contributed by atoms with van der Waals surface area (Å²) in [5.41, 5.74) is 0.810. The van der Waals surface area contributed by atoms with E-state index in [0.717, 1.165) is 18.9 Å². The first-order valence-corrected chi connectivity index (χ1v) is 6.25. The maximum absolute atomic E-state index is 8.76. The minimum atomic E-state index is 0.246. The molecule has 0 saturated heterocycles. The van der Waals surface area contributed by atoms with Gasteiger partial charge in [-0.05, 0) is 42.4 Å². The molecule has 2 fully saturated rings. The molecular formula is C13H24O2. The maximum Gasteiger partial charge on any atom is 0.0636 e. The lowest BCUT2D eigenvalue weighted by Crippen LogP contribution is -2.37. The van der Waals surface area contributed by atoms with Crippen LogP contribution in [0.15, 0.2) is 0 Å². The highest BCUT2D eigenvalue weighted by Gasteiger charge is 2.61. The molecule has 0 heterocycles. The first kappa shape index (κ1) is 11.4. The topological polar surface area (TPSA) is 29.5 Å². The van der Waals surface area contributed by atoms with Crippen LogP contribution in [0.3, 0.4) is 0 Å². The minimum absolute atomic E-state index is 0.246. The number of aliphatic hydroxyl groups is 1. The van der Waals surface area contributed by atoms with Gasteiger partial charge in [0, 0.05) is 13.2 Å². The van der Waals surface area contributed by atoms with Crippen LogP contribution in [0.2, 0.25) is 0 Å². The summed E-state index contributed by atoms with van der Waals surface area (Å²) in [6, 6.07) is 0. The summed E-state index contributed by atoms with van der Waals surface area (Å²) in [7, 11) is 0. The first-order chi connectivity index (χ1) is 7.02. The molecule has 3 atom stereocenters. The van der Waals surface area contributed by atoms with Gasteiger partial charge >= 0.3 is 0 Å². The molecule has 0 radical (unpaired) electrons. The number of aliphatic hydroxyl groups excluding tert-OH is 1. The van der Waals surface area contributed by atoms with Gasteiger partial charge in [-0.1, -0.05) is 20.8 Å². The summed E-state index contributed by atoms with van der Waals surface area (Å²) in [6.07, 6.45) is 5.13. The van der Waals surface area contributed by atoms with Gasteiger partial charge in [0.15, 0.2) is 0 Å². The van der Waals surface area contributed by atoms with E-state index in [9.17, 15) is 0 Å². The number of ether oxygens (including phenoxy) is 1. The third-order valence-corrected chi connectivity index (χ3v) is 5.34. The van der Waals surface area contributed by atoms with E-state index >= 15 is 0 Å². The molecule has 2 aliphatic rings. The van der Waals surface area contributed by atoms with Crippen molar-refractivity contribution in [2.24, 2.45) is 16.7 Å². The van der Waals surface area contributed by atoms with E-state index in [1.54, 1.807) is 0 Å². The van der Waals surface area contributed by atoms with Crippen LogP contribution in [-0.2, 0) is 4.74 Å². The average Bonchev–Trinajstić information content (AvgIpc) is 2.51. The van der Waals surface area contributed by atoms with Crippen molar-refractivity contribution < 1.29 is 9.84 Å². The van der Waals surface area contributed by atoms with E-state index in [4.69, 9.17) is 9.84 Å². The Morgan fingerprint density at radius 2 is 2.07 bits per heavy atom. The number of hydrogen-bond acceptors (Lipinski definition) is 2. The second kappa shape index (κ2) is 3.74. The third kappa shape index (κ3) is 1.53. The molecule has 2 heteroatoms. The summed E-state index contributed by atoms with van der Waals surface area (Å²) >= 11 is 0. The number of fused-ring (bicyclic) bond motifs is 2. The van der Waals surface area contributed by atoms with Crippen molar-refractivity contribution in [2.75, 3.05) is 13.2 Å². The van der Waals surface area contributed by atoms with Crippen LogP contribution >= 0.6 is 0 Å². The largest absolute Gasteiger partial charge is 0.396 e. The van der Waals surface area contributed by atoms with E-state index in [0.29, 0.717) is 16.9 Å². The molecule has 0 aromatic carbocycles. The molecule has 2 nitrogen and oxygen atoms in total. The van der Waals surface area contributed by atoms with Gasteiger partial charge in [-0.2, -0.15) is 0 Å². The van der Waals surface area contributed by atoms with Gasteiger partial charge in [-0.15, -0.1) is 0 Å². The van der Waals surface area contributed by atoms with Gasteiger partial charge in [0.2, 0.25) is 0 Å². The highest BCUT2D eigenvalue weighted by atomic mass is 16.5. The summed E-state index contributed by atoms with van der Waals surface area (Å²) in [5, 5.41) is 8.76. The Balaban J connectivity index is 1.99. The van der Waals surface area contributed by atoms with Crippen molar-refractivity contribution in [2.45, 2.75) is 52.6 Å². The lowest BCUT2D eigenvalue weighted by molar-refractivity contribution is -0.0496. The lowest BCUT2D eigenvalue weighted by atomic mass is 9.70.